The molecule has 0 fully saturated rings. The van der Waals surface area contributed by atoms with E-state index in [1.165, 1.54) is 0 Å². The first-order chi connectivity index (χ1) is 7.70. The van der Waals surface area contributed by atoms with Crippen LogP contribution in [0.5, 0.6) is 0 Å². The molecule has 0 bridgehead atoms. The lowest BCUT2D eigenvalue weighted by molar-refractivity contribution is 0.817. The molecule has 0 atom stereocenters. The minimum Gasteiger partial charge on any atom is -0.308 e. The number of rotatable bonds is 3. The number of hydrogen-bond donors (Lipinski definition) is 2. The molecule has 2 heterocycles. The van der Waals surface area contributed by atoms with E-state index in [0.717, 1.165) is 17.1 Å². The molecule has 0 aliphatic rings. The van der Waals surface area contributed by atoms with Gasteiger partial charge >= 0.3 is 0 Å². The molecule has 0 aromatic carbocycles. The number of hydrazine groups is 1. The zero-order valence-electron chi connectivity index (χ0n) is 9.27. The van der Waals surface area contributed by atoms with E-state index in [2.05, 4.69) is 29.2 Å². The van der Waals surface area contributed by atoms with Crippen LogP contribution in [0.25, 0.3) is 11.4 Å². The smallest absolute Gasteiger partial charge is 0.162 e. The fourth-order valence-electron chi connectivity index (χ4n) is 1.36. The fourth-order valence-corrected chi connectivity index (χ4v) is 1.99. The van der Waals surface area contributed by atoms with Gasteiger partial charge < -0.3 is 5.43 Å². The molecule has 2 aromatic rings. The Morgan fingerprint density at radius 1 is 1.38 bits per heavy atom. The van der Waals surface area contributed by atoms with E-state index in [1.807, 2.05) is 22.9 Å². The molecule has 0 aliphatic carbocycles. The van der Waals surface area contributed by atoms with Crippen LogP contribution in [-0.4, -0.2) is 9.97 Å². The van der Waals surface area contributed by atoms with Crippen LogP contribution >= 0.6 is 11.3 Å². The van der Waals surface area contributed by atoms with Crippen LogP contribution in [-0.2, 0) is 0 Å². The number of thiophene rings is 1. The van der Waals surface area contributed by atoms with Crippen LogP contribution in [0, 0.1) is 0 Å². The molecule has 5 heteroatoms. The van der Waals surface area contributed by atoms with Crippen molar-refractivity contribution in [3.8, 4) is 11.4 Å². The largest absolute Gasteiger partial charge is 0.308 e. The predicted octanol–water partition coefficient (Wildman–Crippen LogP) is 2.61. The summed E-state index contributed by atoms with van der Waals surface area (Å²) in [5.74, 6) is 7.13. The maximum Gasteiger partial charge on any atom is 0.162 e. The topological polar surface area (TPSA) is 63.8 Å². The van der Waals surface area contributed by atoms with E-state index >= 15 is 0 Å². The monoisotopic (exact) mass is 234 g/mol. The van der Waals surface area contributed by atoms with Crippen LogP contribution < -0.4 is 11.3 Å². The summed E-state index contributed by atoms with van der Waals surface area (Å²) in [6, 6.07) is 3.88. The van der Waals surface area contributed by atoms with Crippen molar-refractivity contribution in [3.05, 3.63) is 28.6 Å². The van der Waals surface area contributed by atoms with Gasteiger partial charge in [0, 0.05) is 22.7 Å². The van der Waals surface area contributed by atoms with Gasteiger partial charge in [-0.2, -0.15) is 11.3 Å². The maximum absolute atomic E-state index is 5.40. The number of hydrogen-bond acceptors (Lipinski definition) is 5. The van der Waals surface area contributed by atoms with Crippen molar-refractivity contribution >= 4 is 17.2 Å². The third kappa shape index (κ3) is 2.20. The van der Waals surface area contributed by atoms with E-state index in [-0.39, 0.29) is 0 Å². The Bertz CT molecular complexity index is 465. The average Bonchev–Trinajstić information content (AvgIpc) is 2.81. The second-order valence-corrected chi connectivity index (χ2v) is 4.59. The standard InChI is InChI=1S/C11H14N4S/c1-7(2)9-5-10(15-12)14-11(13-9)8-3-4-16-6-8/h3-7H,12H2,1-2H3,(H,13,14,15). The van der Waals surface area contributed by atoms with Gasteiger partial charge in [0.15, 0.2) is 5.82 Å². The molecule has 0 amide bonds. The van der Waals surface area contributed by atoms with Crippen molar-refractivity contribution in [2.45, 2.75) is 19.8 Å². The highest BCUT2D eigenvalue weighted by Gasteiger charge is 2.09. The van der Waals surface area contributed by atoms with Crippen molar-refractivity contribution in [1.82, 2.24) is 9.97 Å². The Kier molecular flexibility index (Phi) is 3.17. The summed E-state index contributed by atoms with van der Waals surface area (Å²) in [5, 5.41) is 4.04. The lowest BCUT2D eigenvalue weighted by atomic mass is 10.1. The zero-order valence-corrected chi connectivity index (χ0v) is 10.1. The summed E-state index contributed by atoms with van der Waals surface area (Å²) < 4.78 is 0. The van der Waals surface area contributed by atoms with Gasteiger partial charge in [-0.3, -0.25) is 0 Å². The number of nitrogens with zero attached hydrogens (tertiary/aromatic N) is 2. The van der Waals surface area contributed by atoms with Gasteiger partial charge in [0.05, 0.1) is 0 Å². The van der Waals surface area contributed by atoms with Gasteiger partial charge in [0.1, 0.15) is 5.82 Å². The van der Waals surface area contributed by atoms with Crippen molar-refractivity contribution in [2.75, 3.05) is 5.43 Å². The van der Waals surface area contributed by atoms with Gasteiger partial charge in [-0.1, -0.05) is 13.8 Å². The van der Waals surface area contributed by atoms with Gasteiger partial charge in [-0.15, -0.1) is 0 Å². The SMILES string of the molecule is CC(C)c1cc(NN)nc(-c2ccsc2)n1. The van der Waals surface area contributed by atoms with Crippen molar-refractivity contribution in [3.63, 3.8) is 0 Å². The molecule has 2 aromatic heterocycles. The summed E-state index contributed by atoms with van der Waals surface area (Å²) >= 11 is 1.63. The molecule has 3 N–H and O–H groups in total. The molecule has 0 radical (unpaired) electrons. The Morgan fingerprint density at radius 3 is 2.75 bits per heavy atom. The van der Waals surface area contributed by atoms with Crippen molar-refractivity contribution in [1.29, 1.82) is 0 Å². The molecule has 0 saturated heterocycles. The molecule has 0 spiro atoms. The molecule has 0 aliphatic heterocycles. The number of anilines is 1. The first kappa shape index (κ1) is 11.0. The van der Waals surface area contributed by atoms with Crippen molar-refractivity contribution in [2.24, 2.45) is 5.84 Å². The fraction of sp³-hybridized carbons (Fsp3) is 0.273. The Balaban J connectivity index is 2.49. The van der Waals surface area contributed by atoms with Gasteiger partial charge in [-0.25, -0.2) is 15.8 Å². The molecule has 2 rings (SSSR count). The molecule has 16 heavy (non-hydrogen) atoms. The van der Waals surface area contributed by atoms with Crippen molar-refractivity contribution < 1.29 is 0 Å². The summed E-state index contributed by atoms with van der Waals surface area (Å²) in [4.78, 5) is 8.86. The van der Waals surface area contributed by atoms with E-state index in [9.17, 15) is 0 Å². The Labute approximate surface area is 98.5 Å². The van der Waals surface area contributed by atoms with Gasteiger partial charge in [0.25, 0.3) is 0 Å². The highest BCUT2D eigenvalue weighted by Crippen LogP contribution is 2.22. The molecule has 0 saturated carbocycles. The molecule has 4 nitrogen and oxygen atoms in total. The lowest BCUT2D eigenvalue weighted by Gasteiger charge is -2.08. The second kappa shape index (κ2) is 4.59. The van der Waals surface area contributed by atoms with Crippen LogP contribution in [0.2, 0.25) is 0 Å². The molecule has 84 valence electrons. The van der Waals surface area contributed by atoms with E-state index in [1.54, 1.807) is 11.3 Å². The zero-order chi connectivity index (χ0) is 11.5. The summed E-state index contributed by atoms with van der Waals surface area (Å²) in [7, 11) is 0. The molecule has 0 unspecified atom stereocenters. The first-order valence-electron chi connectivity index (χ1n) is 5.09. The third-order valence-corrected chi connectivity index (χ3v) is 2.95. The van der Waals surface area contributed by atoms with E-state index in [4.69, 9.17) is 5.84 Å². The van der Waals surface area contributed by atoms with Crippen LogP contribution in [0.1, 0.15) is 25.5 Å². The number of nitrogens with two attached hydrogens (primary N) is 1. The van der Waals surface area contributed by atoms with Gasteiger partial charge in [-0.05, 0) is 17.4 Å². The van der Waals surface area contributed by atoms with Crippen LogP contribution in [0.15, 0.2) is 22.9 Å². The Morgan fingerprint density at radius 2 is 2.19 bits per heavy atom. The second-order valence-electron chi connectivity index (χ2n) is 3.81. The average molecular weight is 234 g/mol. The van der Waals surface area contributed by atoms with Crippen LogP contribution in [0.4, 0.5) is 5.82 Å². The van der Waals surface area contributed by atoms with Gasteiger partial charge in [0.2, 0.25) is 0 Å². The highest BCUT2D eigenvalue weighted by atomic mass is 32.1. The number of nitrogens with one attached hydrogen (secondary N) is 1. The molecular formula is C11H14N4S. The summed E-state index contributed by atoms with van der Waals surface area (Å²) in [6.07, 6.45) is 0. The quantitative estimate of drug-likeness (QED) is 0.633. The minimum absolute atomic E-state index is 0.354. The number of aromatic nitrogens is 2. The van der Waals surface area contributed by atoms with Crippen LogP contribution in [0.3, 0.4) is 0 Å². The summed E-state index contributed by atoms with van der Waals surface area (Å²) in [6.45, 7) is 4.19. The molecular weight excluding hydrogens is 220 g/mol. The maximum atomic E-state index is 5.40. The first-order valence-corrected chi connectivity index (χ1v) is 6.03. The highest BCUT2D eigenvalue weighted by molar-refractivity contribution is 7.08. The van der Waals surface area contributed by atoms with E-state index < -0.39 is 0 Å². The van der Waals surface area contributed by atoms with E-state index in [0.29, 0.717) is 11.7 Å². The minimum atomic E-state index is 0.354. The lowest BCUT2D eigenvalue weighted by Crippen LogP contribution is -2.10. The number of nitrogen functional groups attached to an aromatic ring is 1. The third-order valence-electron chi connectivity index (χ3n) is 2.26. The summed E-state index contributed by atoms with van der Waals surface area (Å²) in [5.41, 5.74) is 4.60. The predicted molar refractivity (Wildman–Crippen MR) is 67.2 cm³/mol. The Hall–Kier alpha value is -1.46. The normalized spacial score (nSPS) is 10.8.